The van der Waals surface area contributed by atoms with E-state index in [-0.39, 0.29) is 22.4 Å². The van der Waals surface area contributed by atoms with Crippen molar-refractivity contribution in [2.24, 2.45) is 0 Å². The number of nitrogens with one attached hydrogen (secondary N) is 2. The molecule has 0 unspecified atom stereocenters. The molecule has 0 fully saturated rings. The lowest BCUT2D eigenvalue weighted by atomic mass is 10.1. The maximum atomic E-state index is 13.1. The summed E-state index contributed by atoms with van der Waals surface area (Å²) in [7, 11) is -2.35. The van der Waals surface area contributed by atoms with Crippen molar-refractivity contribution in [3.8, 4) is 0 Å². The van der Waals surface area contributed by atoms with Crippen molar-refractivity contribution >= 4 is 38.2 Å². The molecule has 164 valence electrons. The van der Waals surface area contributed by atoms with Crippen LogP contribution in [0.3, 0.4) is 0 Å². The highest BCUT2D eigenvalue weighted by molar-refractivity contribution is 7.89. The number of sulfonamides is 1. The minimum Gasteiger partial charge on any atom is -0.360 e. The van der Waals surface area contributed by atoms with E-state index in [0.717, 1.165) is 10.4 Å². The third-order valence-electron chi connectivity index (χ3n) is 5.06. The number of hydrogen-bond donors (Lipinski definition) is 2. The van der Waals surface area contributed by atoms with E-state index in [0.29, 0.717) is 12.1 Å². The molecule has 7 nitrogen and oxygen atoms in total. The lowest BCUT2D eigenvalue weighted by molar-refractivity contribution is 0.0950. The Morgan fingerprint density at radius 2 is 1.88 bits per heavy atom. The van der Waals surface area contributed by atoms with E-state index in [2.05, 4.69) is 10.3 Å². The lowest BCUT2D eigenvalue weighted by Crippen LogP contribution is -2.29. The van der Waals surface area contributed by atoms with Gasteiger partial charge in [-0.15, -0.1) is 11.3 Å². The summed E-state index contributed by atoms with van der Waals surface area (Å²) in [4.78, 5) is 29.4. The van der Waals surface area contributed by atoms with Crippen molar-refractivity contribution in [1.82, 2.24) is 14.6 Å². The van der Waals surface area contributed by atoms with Gasteiger partial charge in [-0.1, -0.05) is 36.4 Å². The second kappa shape index (κ2) is 9.07. The zero-order chi connectivity index (χ0) is 22.7. The Hall–Kier alpha value is -3.27. The van der Waals surface area contributed by atoms with Crippen molar-refractivity contribution in [3.05, 3.63) is 98.5 Å². The van der Waals surface area contributed by atoms with Crippen LogP contribution in [0.2, 0.25) is 0 Å². The first-order chi connectivity index (χ1) is 15.4. The van der Waals surface area contributed by atoms with Crippen LogP contribution in [0, 0.1) is 0 Å². The molecular formula is C23H21N3O4S2. The van der Waals surface area contributed by atoms with Gasteiger partial charge in [0.25, 0.3) is 5.91 Å². The minimum absolute atomic E-state index is 0.00919. The molecule has 2 aromatic heterocycles. The van der Waals surface area contributed by atoms with Gasteiger partial charge in [-0.3, -0.25) is 9.59 Å². The summed E-state index contributed by atoms with van der Waals surface area (Å²) >= 11 is 1.50. The van der Waals surface area contributed by atoms with Gasteiger partial charge < -0.3 is 10.3 Å². The molecule has 0 atom stereocenters. The number of fused-ring (bicyclic) bond motifs is 1. The number of aromatic nitrogens is 1. The van der Waals surface area contributed by atoms with Crippen LogP contribution in [0.5, 0.6) is 0 Å². The molecule has 9 heteroatoms. The van der Waals surface area contributed by atoms with Crippen LogP contribution in [0.4, 0.5) is 0 Å². The van der Waals surface area contributed by atoms with Crippen LogP contribution in [0.15, 0.2) is 81.9 Å². The van der Waals surface area contributed by atoms with E-state index in [1.807, 2.05) is 47.8 Å². The van der Waals surface area contributed by atoms with Crippen LogP contribution in [0.25, 0.3) is 10.9 Å². The zero-order valence-corrected chi connectivity index (χ0v) is 18.9. The number of carbonyl (C=O) groups excluding carboxylic acids is 1. The molecule has 0 aliphatic rings. The molecule has 4 aromatic rings. The predicted molar refractivity (Wildman–Crippen MR) is 125 cm³/mol. The number of carbonyl (C=O) groups is 1. The average Bonchev–Trinajstić information content (AvgIpc) is 3.32. The topological polar surface area (TPSA) is 99.3 Å². The van der Waals surface area contributed by atoms with Gasteiger partial charge in [0.2, 0.25) is 15.5 Å². The molecule has 2 aromatic carbocycles. The molecule has 4 rings (SSSR count). The van der Waals surface area contributed by atoms with Gasteiger partial charge in [0, 0.05) is 35.6 Å². The van der Waals surface area contributed by atoms with E-state index in [4.69, 9.17) is 0 Å². The van der Waals surface area contributed by atoms with Gasteiger partial charge in [-0.05, 0) is 35.2 Å². The quantitative estimate of drug-likeness (QED) is 0.435. The largest absolute Gasteiger partial charge is 0.360 e. The number of pyridine rings is 1. The fourth-order valence-electron chi connectivity index (χ4n) is 3.31. The van der Waals surface area contributed by atoms with Gasteiger partial charge in [0.05, 0.1) is 11.4 Å². The van der Waals surface area contributed by atoms with Crippen molar-refractivity contribution in [1.29, 1.82) is 0 Å². The summed E-state index contributed by atoms with van der Waals surface area (Å²) < 4.78 is 27.4. The Morgan fingerprint density at radius 3 is 2.59 bits per heavy atom. The number of hydrogen-bond acceptors (Lipinski definition) is 5. The Labute approximate surface area is 189 Å². The van der Waals surface area contributed by atoms with Crippen LogP contribution >= 0.6 is 11.3 Å². The van der Waals surface area contributed by atoms with E-state index >= 15 is 0 Å². The molecular weight excluding hydrogens is 446 g/mol. The number of H-pyrrole nitrogens is 1. The van der Waals surface area contributed by atoms with Crippen molar-refractivity contribution in [3.63, 3.8) is 0 Å². The number of thiophene rings is 1. The highest BCUT2D eigenvalue weighted by Gasteiger charge is 2.22. The fraction of sp³-hybridized carbons (Fsp3) is 0.130. The van der Waals surface area contributed by atoms with Gasteiger partial charge in [-0.25, -0.2) is 8.42 Å². The van der Waals surface area contributed by atoms with Crippen LogP contribution in [-0.2, 0) is 23.1 Å². The smallest absolute Gasteiger partial charge is 0.257 e. The van der Waals surface area contributed by atoms with Crippen molar-refractivity contribution < 1.29 is 13.2 Å². The predicted octanol–water partition coefficient (Wildman–Crippen LogP) is 3.34. The second-order valence-electron chi connectivity index (χ2n) is 7.25. The summed E-state index contributed by atoms with van der Waals surface area (Å²) in [5.41, 5.74) is 0.711. The summed E-state index contributed by atoms with van der Waals surface area (Å²) in [5, 5.41) is 4.77. The molecule has 32 heavy (non-hydrogen) atoms. The third-order valence-corrected chi connectivity index (χ3v) is 7.73. The molecule has 0 saturated heterocycles. The standard InChI is InChI=1S/C23H21N3O4S2/c1-26(15-16-6-3-2-4-7-16)32(29,30)18-9-10-21-19(12-18)22(27)20(14-24-21)23(28)25-13-17-8-5-11-31-17/h2-12,14H,13,15H2,1H3,(H,24,27)(H,25,28). The molecule has 0 saturated carbocycles. The van der Waals surface area contributed by atoms with Gasteiger partial charge >= 0.3 is 0 Å². The molecule has 1 amide bonds. The fourth-order valence-corrected chi connectivity index (χ4v) is 5.14. The highest BCUT2D eigenvalue weighted by Crippen LogP contribution is 2.20. The number of aromatic amines is 1. The number of rotatable bonds is 7. The van der Waals surface area contributed by atoms with Crippen LogP contribution in [-0.4, -0.2) is 30.7 Å². The zero-order valence-electron chi connectivity index (χ0n) is 17.2. The second-order valence-corrected chi connectivity index (χ2v) is 10.3. The summed E-state index contributed by atoms with van der Waals surface area (Å²) in [6, 6.07) is 17.3. The Kier molecular flexibility index (Phi) is 6.22. The number of nitrogens with zero attached hydrogens (tertiary/aromatic N) is 1. The molecule has 0 bridgehead atoms. The van der Waals surface area contributed by atoms with Crippen LogP contribution in [0.1, 0.15) is 20.8 Å². The summed E-state index contributed by atoms with van der Waals surface area (Å²) in [6.45, 7) is 0.509. The first-order valence-electron chi connectivity index (χ1n) is 9.82. The molecule has 0 aliphatic carbocycles. The first-order valence-corrected chi connectivity index (χ1v) is 12.1. The summed E-state index contributed by atoms with van der Waals surface area (Å²) in [5.74, 6) is -0.518. The van der Waals surface area contributed by atoms with E-state index in [1.165, 1.54) is 47.1 Å². The molecule has 2 heterocycles. The van der Waals surface area contributed by atoms with Gasteiger partial charge in [0.1, 0.15) is 5.56 Å². The van der Waals surface area contributed by atoms with E-state index in [9.17, 15) is 18.0 Å². The number of amides is 1. The summed E-state index contributed by atoms with van der Waals surface area (Å²) in [6.07, 6.45) is 1.35. The molecule has 0 aliphatic heterocycles. The number of benzene rings is 2. The normalized spacial score (nSPS) is 11.7. The van der Waals surface area contributed by atoms with Gasteiger partial charge in [-0.2, -0.15) is 4.31 Å². The Morgan fingerprint density at radius 1 is 1.09 bits per heavy atom. The molecule has 0 radical (unpaired) electrons. The Balaban J connectivity index is 1.63. The van der Waals surface area contributed by atoms with Crippen molar-refractivity contribution in [2.45, 2.75) is 18.0 Å². The monoisotopic (exact) mass is 467 g/mol. The molecule has 2 N–H and O–H groups in total. The first kappa shape index (κ1) is 21.9. The maximum absolute atomic E-state index is 13.1. The lowest BCUT2D eigenvalue weighted by Gasteiger charge is -2.17. The highest BCUT2D eigenvalue weighted by atomic mass is 32.2. The molecule has 0 spiro atoms. The maximum Gasteiger partial charge on any atom is 0.257 e. The average molecular weight is 468 g/mol. The van der Waals surface area contributed by atoms with E-state index < -0.39 is 21.4 Å². The van der Waals surface area contributed by atoms with E-state index in [1.54, 1.807) is 0 Å². The van der Waals surface area contributed by atoms with Crippen molar-refractivity contribution in [2.75, 3.05) is 7.05 Å². The van der Waals surface area contributed by atoms with Crippen LogP contribution < -0.4 is 10.7 Å². The minimum atomic E-state index is -3.84. The SMILES string of the molecule is CN(Cc1ccccc1)S(=O)(=O)c1ccc2[nH]cc(C(=O)NCc3cccs3)c(=O)c2c1. The Bertz CT molecular complexity index is 1410. The third kappa shape index (κ3) is 4.50. The van der Waals surface area contributed by atoms with Gasteiger partial charge in [0.15, 0.2) is 0 Å².